The van der Waals surface area contributed by atoms with Crippen LogP contribution in [0.5, 0.6) is 11.5 Å². The molecule has 23 heavy (non-hydrogen) atoms. The normalized spacial score (nSPS) is 28.6. The average Bonchev–Trinajstić information content (AvgIpc) is 3.05. The second kappa shape index (κ2) is 5.48. The van der Waals surface area contributed by atoms with E-state index in [4.69, 9.17) is 14.5 Å². The summed E-state index contributed by atoms with van der Waals surface area (Å²) in [4.78, 5) is 7.41. The Morgan fingerprint density at radius 1 is 1.04 bits per heavy atom. The van der Waals surface area contributed by atoms with Gasteiger partial charge in [-0.1, -0.05) is 24.6 Å². The summed E-state index contributed by atoms with van der Waals surface area (Å²) in [5, 5.41) is 3.42. The molecule has 5 rings (SSSR count). The lowest BCUT2D eigenvalue weighted by Gasteiger charge is -2.32. The predicted octanol–water partition coefficient (Wildman–Crippen LogP) is 3.88. The van der Waals surface area contributed by atoms with Gasteiger partial charge < -0.3 is 14.4 Å². The van der Waals surface area contributed by atoms with Gasteiger partial charge in [0, 0.05) is 17.4 Å². The summed E-state index contributed by atoms with van der Waals surface area (Å²) in [6, 6.07) is 7.38. The van der Waals surface area contributed by atoms with Crippen molar-refractivity contribution in [3.8, 4) is 11.5 Å². The van der Waals surface area contributed by atoms with Gasteiger partial charge in [0.05, 0.1) is 31.0 Å². The fraction of sp³-hybridized carbons (Fsp3) is 0.500. The summed E-state index contributed by atoms with van der Waals surface area (Å²) in [7, 11) is 0. The van der Waals surface area contributed by atoms with Crippen LogP contribution in [0.2, 0.25) is 0 Å². The van der Waals surface area contributed by atoms with Crippen LogP contribution in [0.15, 0.2) is 28.6 Å². The van der Waals surface area contributed by atoms with E-state index in [0.717, 1.165) is 31.1 Å². The lowest BCUT2D eigenvalue weighted by Crippen LogP contribution is -2.38. The van der Waals surface area contributed by atoms with Crippen LogP contribution in [-0.4, -0.2) is 35.4 Å². The van der Waals surface area contributed by atoms with Gasteiger partial charge in [-0.3, -0.25) is 4.99 Å². The zero-order valence-electron chi connectivity index (χ0n) is 13.0. The lowest BCUT2D eigenvalue weighted by molar-refractivity contribution is 0.296. The summed E-state index contributed by atoms with van der Waals surface area (Å²) in [6.45, 7) is 1.46. The Bertz CT molecular complexity index is 700. The number of fused-ring (bicyclic) bond motifs is 4. The Kier molecular flexibility index (Phi) is 3.28. The van der Waals surface area contributed by atoms with E-state index in [9.17, 15) is 0 Å². The second-order valence-corrected chi connectivity index (χ2v) is 7.37. The molecule has 0 bridgehead atoms. The van der Waals surface area contributed by atoms with E-state index in [0.29, 0.717) is 12.1 Å². The molecule has 0 N–H and O–H groups in total. The van der Waals surface area contributed by atoms with Gasteiger partial charge in [-0.15, -0.1) is 0 Å². The first-order valence-corrected chi connectivity index (χ1v) is 9.42. The van der Waals surface area contributed by atoms with E-state index in [1.807, 2.05) is 6.07 Å². The molecule has 3 heterocycles. The highest BCUT2D eigenvalue weighted by Gasteiger charge is 2.42. The highest BCUT2D eigenvalue weighted by Crippen LogP contribution is 2.45. The molecule has 4 aliphatic rings. The molecule has 120 valence electrons. The van der Waals surface area contributed by atoms with Crippen LogP contribution >= 0.6 is 11.8 Å². The number of ether oxygens (including phenoxy) is 2. The van der Waals surface area contributed by atoms with Gasteiger partial charge in [0.2, 0.25) is 0 Å². The van der Waals surface area contributed by atoms with Crippen molar-refractivity contribution in [3.63, 3.8) is 0 Å². The van der Waals surface area contributed by atoms with E-state index >= 15 is 0 Å². The molecule has 1 aliphatic carbocycles. The summed E-state index contributed by atoms with van der Waals surface area (Å²) in [6.07, 6.45) is 6.06. The minimum atomic E-state index is 0.496. The zero-order valence-corrected chi connectivity index (χ0v) is 13.8. The molecule has 5 heteroatoms. The van der Waals surface area contributed by atoms with Gasteiger partial charge in [-0.25, -0.2) is 0 Å². The van der Waals surface area contributed by atoms with Crippen LogP contribution in [-0.2, 0) is 0 Å². The third-order valence-electron chi connectivity index (χ3n) is 5.09. The monoisotopic (exact) mass is 328 g/mol. The minimum absolute atomic E-state index is 0.496. The molecule has 3 aliphatic heterocycles. The number of hydrogen-bond donors (Lipinski definition) is 0. The largest absolute Gasteiger partial charge is 0.490 e. The van der Waals surface area contributed by atoms with Crippen molar-refractivity contribution in [2.75, 3.05) is 13.2 Å². The third-order valence-corrected chi connectivity index (χ3v) is 5.94. The Hall–Kier alpha value is -1.62. The lowest BCUT2D eigenvalue weighted by atomic mass is 9.90. The molecule has 1 aromatic rings. The Morgan fingerprint density at radius 3 is 2.87 bits per heavy atom. The van der Waals surface area contributed by atoms with Gasteiger partial charge in [0.1, 0.15) is 0 Å². The molecular weight excluding hydrogens is 308 g/mol. The number of benzene rings is 1. The maximum absolute atomic E-state index is 5.86. The van der Waals surface area contributed by atoms with Crippen LogP contribution in [0.4, 0.5) is 0 Å². The molecule has 0 spiro atoms. The zero-order chi connectivity index (χ0) is 15.2. The van der Waals surface area contributed by atoms with Crippen molar-refractivity contribution in [2.24, 2.45) is 4.99 Å². The average molecular weight is 328 g/mol. The maximum atomic E-state index is 5.86. The van der Waals surface area contributed by atoms with E-state index in [2.05, 4.69) is 22.4 Å². The van der Waals surface area contributed by atoms with E-state index < -0.39 is 0 Å². The number of rotatable bonds is 1. The highest BCUT2D eigenvalue weighted by molar-refractivity contribution is 8.16. The van der Waals surface area contributed by atoms with E-state index in [1.165, 1.54) is 42.1 Å². The number of amidine groups is 1. The summed E-state index contributed by atoms with van der Waals surface area (Å²) in [5.74, 6) is 1.74. The van der Waals surface area contributed by atoms with Crippen molar-refractivity contribution in [1.29, 1.82) is 0 Å². The van der Waals surface area contributed by atoms with Gasteiger partial charge in [-0.2, -0.15) is 0 Å². The van der Waals surface area contributed by atoms with E-state index in [-0.39, 0.29) is 0 Å². The molecule has 4 nitrogen and oxygen atoms in total. The Morgan fingerprint density at radius 2 is 1.91 bits per heavy atom. The van der Waals surface area contributed by atoms with Crippen LogP contribution in [0.25, 0.3) is 5.70 Å². The first-order chi connectivity index (χ1) is 11.4. The molecule has 0 amide bonds. The van der Waals surface area contributed by atoms with Crippen molar-refractivity contribution >= 4 is 22.6 Å². The maximum Gasteiger partial charge on any atom is 0.168 e. The van der Waals surface area contributed by atoms with Crippen LogP contribution in [0.3, 0.4) is 0 Å². The van der Waals surface area contributed by atoms with Crippen molar-refractivity contribution in [2.45, 2.75) is 44.2 Å². The van der Waals surface area contributed by atoms with E-state index in [1.54, 1.807) is 11.8 Å². The molecule has 0 aromatic heterocycles. The molecule has 1 fully saturated rings. The molecule has 1 aromatic carbocycles. The summed E-state index contributed by atoms with van der Waals surface area (Å²) < 4.78 is 11.6. The standard InChI is InChI=1S/C18H20N2O2S/c1-2-5-14-13(4-1)19-18-20(14)15(11-23-18)12-6-7-16-17(10-12)22-9-3-8-21-16/h6-7,10-11,13-14H,1-5,8-9H2/t13-,14+/m0/s1. The highest BCUT2D eigenvalue weighted by atomic mass is 32.2. The van der Waals surface area contributed by atoms with Crippen molar-refractivity contribution < 1.29 is 9.47 Å². The van der Waals surface area contributed by atoms with Gasteiger partial charge in [0.25, 0.3) is 0 Å². The fourth-order valence-electron chi connectivity index (χ4n) is 3.95. The number of aliphatic imine (C=N–C) groups is 1. The minimum Gasteiger partial charge on any atom is -0.490 e. The molecule has 2 atom stereocenters. The van der Waals surface area contributed by atoms with Crippen LogP contribution in [0.1, 0.15) is 37.7 Å². The predicted molar refractivity (Wildman–Crippen MR) is 92.9 cm³/mol. The topological polar surface area (TPSA) is 34.1 Å². The van der Waals surface area contributed by atoms with Crippen molar-refractivity contribution in [1.82, 2.24) is 4.90 Å². The fourth-order valence-corrected chi connectivity index (χ4v) is 4.96. The summed E-state index contributed by atoms with van der Waals surface area (Å²) >= 11 is 1.77. The van der Waals surface area contributed by atoms with Crippen molar-refractivity contribution in [3.05, 3.63) is 29.2 Å². The molecule has 0 unspecified atom stereocenters. The number of thioether (sulfide) groups is 1. The Labute approximate surface area is 140 Å². The second-order valence-electron chi connectivity index (χ2n) is 6.53. The molecule has 0 saturated heterocycles. The van der Waals surface area contributed by atoms with Gasteiger partial charge in [0.15, 0.2) is 16.7 Å². The van der Waals surface area contributed by atoms with Crippen LogP contribution in [0, 0.1) is 0 Å². The Balaban J connectivity index is 1.48. The molecule has 0 radical (unpaired) electrons. The number of hydrogen-bond acceptors (Lipinski definition) is 5. The summed E-state index contributed by atoms with van der Waals surface area (Å²) in [5.41, 5.74) is 2.48. The third kappa shape index (κ3) is 2.24. The molecular formula is C18H20N2O2S. The quantitative estimate of drug-likeness (QED) is 0.783. The first kappa shape index (κ1) is 13.8. The number of nitrogens with zero attached hydrogens (tertiary/aromatic N) is 2. The van der Waals surface area contributed by atoms with Gasteiger partial charge in [-0.05, 0) is 31.0 Å². The van der Waals surface area contributed by atoms with Gasteiger partial charge >= 0.3 is 0 Å². The first-order valence-electron chi connectivity index (χ1n) is 8.54. The molecule has 1 saturated carbocycles. The smallest absolute Gasteiger partial charge is 0.168 e. The SMILES string of the molecule is C1=C(c2ccc3c(c2)OCCCO3)N2C(=N[C@H]3CCCC[C@H]32)S1. The van der Waals surface area contributed by atoms with Crippen LogP contribution < -0.4 is 9.47 Å².